The number of hydrogen-bond donors (Lipinski definition) is 1. The summed E-state index contributed by atoms with van der Waals surface area (Å²) in [6, 6.07) is 0. The molecule has 1 aromatic heterocycles. The van der Waals surface area contributed by atoms with Crippen molar-refractivity contribution in [1.29, 1.82) is 0 Å². The largest absolute Gasteiger partial charge is 0.480 e. The van der Waals surface area contributed by atoms with E-state index in [9.17, 15) is 4.79 Å². The molecule has 0 aliphatic heterocycles. The molecule has 5 heteroatoms. The van der Waals surface area contributed by atoms with Gasteiger partial charge in [0.1, 0.15) is 5.76 Å². The summed E-state index contributed by atoms with van der Waals surface area (Å²) in [5.41, 5.74) is 1.84. The van der Waals surface area contributed by atoms with Crippen molar-refractivity contribution in [2.45, 2.75) is 31.8 Å². The van der Waals surface area contributed by atoms with Gasteiger partial charge in [-0.05, 0) is 20.8 Å². The molecule has 1 heterocycles. The monoisotopic (exact) mass is 215 g/mol. The third-order valence-corrected chi connectivity index (χ3v) is 3.16. The smallest absolute Gasteiger partial charge is 0.316 e. The van der Waals surface area contributed by atoms with Crippen molar-refractivity contribution in [3.8, 4) is 0 Å². The highest BCUT2D eigenvalue weighted by molar-refractivity contribution is 7.99. The number of aromatic nitrogens is 1. The lowest BCUT2D eigenvalue weighted by Crippen LogP contribution is -2.11. The Hall–Kier alpha value is -0.970. The van der Waals surface area contributed by atoms with Crippen LogP contribution in [0.4, 0.5) is 0 Å². The van der Waals surface area contributed by atoms with Gasteiger partial charge in [-0.3, -0.25) is 4.79 Å². The minimum absolute atomic E-state index is 0.399. The van der Waals surface area contributed by atoms with Crippen molar-refractivity contribution >= 4 is 17.7 Å². The fourth-order valence-electron chi connectivity index (χ4n) is 0.988. The van der Waals surface area contributed by atoms with Gasteiger partial charge in [0.25, 0.3) is 0 Å². The van der Waals surface area contributed by atoms with E-state index in [1.807, 2.05) is 13.8 Å². The van der Waals surface area contributed by atoms with E-state index in [-0.39, 0.29) is 0 Å². The molecule has 4 nitrogen and oxygen atoms in total. The highest BCUT2D eigenvalue weighted by Gasteiger charge is 2.14. The molecule has 1 N–H and O–H groups in total. The van der Waals surface area contributed by atoms with Gasteiger partial charge in [-0.1, -0.05) is 5.16 Å². The summed E-state index contributed by atoms with van der Waals surface area (Å²) in [6.45, 7) is 5.37. The predicted molar refractivity (Wildman–Crippen MR) is 54.4 cm³/mol. The molecule has 1 aromatic rings. The molecule has 78 valence electrons. The van der Waals surface area contributed by atoms with E-state index >= 15 is 0 Å². The molecule has 1 unspecified atom stereocenters. The van der Waals surface area contributed by atoms with Crippen LogP contribution in [0.2, 0.25) is 0 Å². The zero-order valence-electron chi connectivity index (χ0n) is 8.40. The van der Waals surface area contributed by atoms with Gasteiger partial charge >= 0.3 is 5.97 Å². The number of carbonyl (C=O) groups is 1. The molecular weight excluding hydrogens is 202 g/mol. The predicted octanol–water partition coefficient (Wildman–Crippen LogP) is 2.00. The van der Waals surface area contributed by atoms with Gasteiger partial charge in [-0.15, -0.1) is 11.8 Å². The van der Waals surface area contributed by atoms with Crippen LogP contribution in [0.15, 0.2) is 4.52 Å². The number of thioether (sulfide) groups is 1. The first-order valence-electron chi connectivity index (χ1n) is 4.28. The number of nitrogens with zero attached hydrogens (tertiary/aromatic N) is 1. The first-order valence-corrected chi connectivity index (χ1v) is 5.33. The second-order valence-electron chi connectivity index (χ2n) is 3.09. The van der Waals surface area contributed by atoms with E-state index < -0.39 is 11.2 Å². The van der Waals surface area contributed by atoms with Crippen LogP contribution in [0.25, 0.3) is 0 Å². The number of carboxylic acid groups (broad SMARTS) is 1. The Kier molecular flexibility index (Phi) is 3.57. The highest BCUT2D eigenvalue weighted by atomic mass is 32.2. The van der Waals surface area contributed by atoms with Gasteiger partial charge in [0.15, 0.2) is 0 Å². The molecule has 1 atom stereocenters. The molecular formula is C9H13NO3S. The van der Waals surface area contributed by atoms with E-state index in [1.54, 1.807) is 6.92 Å². The Balaban J connectivity index is 2.57. The lowest BCUT2D eigenvalue weighted by atomic mass is 10.2. The minimum atomic E-state index is -0.790. The standard InChI is InChI=1S/C9H13NO3S/c1-5-8(6(2)13-10-5)4-14-7(3)9(11)12/h7H,4H2,1-3H3,(H,11,12). The van der Waals surface area contributed by atoms with Crippen LogP contribution in [0.3, 0.4) is 0 Å². The van der Waals surface area contributed by atoms with Gasteiger partial charge in [0, 0.05) is 11.3 Å². The van der Waals surface area contributed by atoms with Gasteiger partial charge in [-0.2, -0.15) is 0 Å². The van der Waals surface area contributed by atoms with Gasteiger partial charge < -0.3 is 9.63 Å². The molecule has 1 rings (SSSR count). The summed E-state index contributed by atoms with van der Waals surface area (Å²) in [4.78, 5) is 10.6. The zero-order chi connectivity index (χ0) is 10.7. The quantitative estimate of drug-likeness (QED) is 0.832. The molecule has 0 amide bonds. The van der Waals surface area contributed by atoms with E-state index in [1.165, 1.54) is 11.8 Å². The van der Waals surface area contributed by atoms with E-state index in [2.05, 4.69) is 5.16 Å². The minimum Gasteiger partial charge on any atom is -0.480 e. The summed E-state index contributed by atoms with van der Waals surface area (Å²) < 4.78 is 4.98. The third-order valence-electron chi connectivity index (χ3n) is 2.01. The summed E-state index contributed by atoms with van der Waals surface area (Å²) in [6.07, 6.45) is 0. The number of carboxylic acids is 1. The van der Waals surface area contributed by atoms with Crippen LogP contribution >= 0.6 is 11.8 Å². The summed E-state index contributed by atoms with van der Waals surface area (Å²) >= 11 is 1.37. The molecule has 0 radical (unpaired) electrons. The highest BCUT2D eigenvalue weighted by Crippen LogP contribution is 2.22. The summed E-state index contributed by atoms with van der Waals surface area (Å²) in [5.74, 6) is 0.614. The maximum atomic E-state index is 10.6. The lowest BCUT2D eigenvalue weighted by molar-refractivity contribution is -0.136. The normalized spacial score (nSPS) is 12.8. The average molecular weight is 215 g/mol. The van der Waals surface area contributed by atoms with Crippen LogP contribution < -0.4 is 0 Å². The van der Waals surface area contributed by atoms with Gasteiger partial charge in [0.2, 0.25) is 0 Å². The lowest BCUT2D eigenvalue weighted by Gasteiger charge is -2.04. The maximum Gasteiger partial charge on any atom is 0.316 e. The molecule has 0 saturated heterocycles. The van der Waals surface area contributed by atoms with E-state index in [0.29, 0.717) is 5.75 Å². The van der Waals surface area contributed by atoms with Crippen molar-refractivity contribution < 1.29 is 14.4 Å². The number of aryl methyl sites for hydroxylation is 2. The van der Waals surface area contributed by atoms with Crippen molar-refractivity contribution in [2.24, 2.45) is 0 Å². The molecule has 0 aliphatic rings. The Morgan fingerprint density at radius 1 is 1.64 bits per heavy atom. The van der Waals surface area contributed by atoms with Crippen LogP contribution in [0, 0.1) is 13.8 Å². The fraction of sp³-hybridized carbons (Fsp3) is 0.556. The number of rotatable bonds is 4. The molecule has 0 fully saturated rings. The summed E-state index contributed by atoms with van der Waals surface area (Å²) in [7, 11) is 0. The Morgan fingerprint density at radius 2 is 2.29 bits per heavy atom. The second kappa shape index (κ2) is 4.50. The van der Waals surface area contributed by atoms with Gasteiger partial charge in [0.05, 0.1) is 10.9 Å². The molecule has 0 aromatic carbocycles. The molecule has 0 spiro atoms. The van der Waals surface area contributed by atoms with Crippen LogP contribution in [0.1, 0.15) is 23.9 Å². The van der Waals surface area contributed by atoms with E-state index in [0.717, 1.165) is 17.0 Å². The molecule has 0 aliphatic carbocycles. The Bertz CT molecular complexity index is 315. The Morgan fingerprint density at radius 3 is 2.71 bits per heavy atom. The number of hydrogen-bond acceptors (Lipinski definition) is 4. The molecule has 0 saturated carbocycles. The summed E-state index contributed by atoms with van der Waals surface area (Å²) in [5, 5.41) is 12.1. The fourth-order valence-corrected chi connectivity index (χ4v) is 1.96. The number of aliphatic carboxylic acids is 1. The molecule has 14 heavy (non-hydrogen) atoms. The second-order valence-corrected chi connectivity index (χ2v) is 4.42. The maximum absolute atomic E-state index is 10.6. The van der Waals surface area contributed by atoms with Crippen molar-refractivity contribution in [1.82, 2.24) is 5.16 Å². The van der Waals surface area contributed by atoms with Gasteiger partial charge in [-0.25, -0.2) is 0 Å². The van der Waals surface area contributed by atoms with Crippen molar-refractivity contribution in [2.75, 3.05) is 0 Å². The Labute approximate surface area is 86.7 Å². The van der Waals surface area contributed by atoms with Crippen LogP contribution in [-0.4, -0.2) is 21.5 Å². The first-order chi connectivity index (χ1) is 6.52. The topological polar surface area (TPSA) is 63.3 Å². The van der Waals surface area contributed by atoms with Crippen LogP contribution in [-0.2, 0) is 10.5 Å². The average Bonchev–Trinajstić information content (AvgIpc) is 2.43. The zero-order valence-corrected chi connectivity index (χ0v) is 9.22. The first kappa shape index (κ1) is 11.1. The molecule has 0 bridgehead atoms. The van der Waals surface area contributed by atoms with Crippen molar-refractivity contribution in [3.05, 3.63) is 17.0 Å². The van der Waals surface area contributed by atoms with E-state index in [4.69, 9.17) is 9.63 Å². The SMILES string of the molecule is Cc1noc(C)c1CSC(C)C(=O)O. The van der Waals surface area contributed by atoms with Crippen molar-refractivity contribution in [3.63, 3.8) is 0 Å². The van der Waals surface area contributed by atoms with Crippen LogP contribution in [0.5, 0.6) is 0 Å². The third kappa shape index (κ3) is 2.51.